The second kappa shape index (κ2) is 19.9. The summed E-state index contributed by atoms with van der Waals surface area (Å²) in [5.74, 6) is -0.175. The van der Waals surface area contributed by atoms with Gasteiger partial charge in [0.15, 0.2) is 0 Å². The highest BCUT2D eigenvalue weighted by atomic mass is 16.5. The molecule has 0 saturated carbocycles. The highest BCUT2D eigenvalue weighted by Crippen LogP contribution is 2.21. The SMILES string of the molecule is CCCCCCCCCCCCCCC[C@@H](OC(C)=O)[C@H](C)N(Cc1ccccc1)Cc1ccccc1. The van der Waals surface area contributed by atoms with Crippen molar-refractivity contribution in [1.29, 1.82) is 0 Å². The van der Waals surface area contributed by atoms with Crippen molar-refractivity contribution in [2.45, 2.75) is 136 Å². The number of carbonyl (C=O) groups excluding carboxylic acids is 1. The average Bonchev–Trinajstić information content (AvgIpc) is 2.91. The Balaban J connectivity index is 1.78. The van der Waals surface area contributed by atoms with E-state index in [1.807, 2.05) is 0 Å². The zero-order valence-electron chi connectivity index (χ0n) is 24.0. The van der Waals surface area contributed by atoms with Crippen molar-refractivity contribution < 1.29 is 9.53 Å². The molecule has 0 spiro atoms. The summed E-state index contributed by atoms with van der Waals surface area (Å²) in [6, 6.07) is 21.4. The maximum atomic E-state index is 12.0. The summed E-state index contributed by atoms with van der Waals surface area (Å²) in [5.41, 5.74) is 2.57. The first kappa shape index (κ1) is 31.1. The predicted octanol–water partition coefficient (Wildman–Crippen LogP) is 9.49. The average molecular weight is 508 g/mol. The zero-order valence-corrected chi connectivity index (χ0v) is 24.0. The van der Waals surface area contributed by atoms with Crippen LogP contribution < -0.4 is 0 Å². The first-order chi connectivity index (χ1) is 18.1. The number of carbonyl (C=O) groups is 1. The second-order valence-corrected chi connectivity index (χ2v) is 10.8. The van der Waals surface area contributed by atoms with Gasteiger partial charge in [-0.25, -0.2) is 0 Å². The monoisotopic (exact) mass is 507 g/mol. The number of esters is 1. The standard InChI is InChI=1S/C34H53NO2/c1-4-5-6-7-8-9-10-11-12-13-14-15-22-27-34(37-31(3)36)30(2)35(28-32-23-18-16-19-24-32)29-33-25-20-17-21-26-33/h16-21,23-26,30,34H,4-15,22,27-29H2,1-3H3/t30-,34+/m0/s1. The molecule has 37 heavy (non-hydrogen) atoms. The number of benzene rings is 2. The van der Waals surface area contributed by atoms with Gasteiger partial charge >= 0.3 is 5.97 Å². The third-order valence-electron chi connectivity index (χ3n) is 7.48. The molecule has 0 aliphatic heterocycles. The van der Waals surface area contributed by atoms with Crippen LogP contribution in [0, 0.1) is 0 Å². The van der Waals surface area contributed by atoms with E-state index >= 15 is 0 Å². The van der Waals surface area contributed by atoms with Crippen molar-refractivity contribution in [1.82, 2.24) is 4.90 Å². The highest BCUT2D eigenvalue weighted by Gasteiger charge is 2.26. The van der Waals surface area contributed by atoms with Crippen molar-refractivity contribution >= 4 is 5.97 Å². The summed E-state index contributed by atoms with van der Waals surface area (Å²) in [5, 5.41) is 0. The largest absolute Gasteiger partial charge is 0.461 e. The van der Waals surface area contributed by atoms with Gasteiger partial charge in [-0.1, -0.05) is 145 Å². The van der Waals surface area contributed by atoms with E-state index < -0.39 is 0 Å². The van der Waals surface area contributed by atoms with Crippen molar-refractivity contribution in [3.05, 3.63) is 71.8 Å². The molecule has 2 atom stereocenters. The minimum Gasteiger partial charge on any atom is -0.461 e. The fraction of sp³-hybridized carbons (Fsp3) is 0.618. The Morgan fingerprint density at radius 1 is 0.676 bits per heavy atom. The molecular formula is C34H53NO2. The van der Waals surface area contributed by atoms with E-state index in [9.17, 15) is 4.79 Å². The summed E-state index contributed by atoms with van der Waals surface area (Å²) in [4.78, 5) is 14.4. The molecule has 0 bridgehead atoms. The lowest BCUT2D eigenvalue weighted by molar-refractivity contribution is -0.150. The highest BCUT2D eigenvalue weighted by molar-refractivity contribution is 5.66. The second-order valence-electron chi connectivity index (χ2n) is 10.8. The molecule has 0 amide bonds. The first-order valence-corrected chi connectivity index (χ1v) is 15.1. The Bertz CT molecular complexity index is 766. The van der Waals surface area contributed by atoms with Crippen LogP contribution in [0.1, 0.15) is 122 Å². The van der Waals surface area contributed by atoms with Crippen LogP contribution in [0.2, 0.25) is 0 Å². The van der Waals surface area contributed by atoms with Gasteiger partial charge in [0.1, 0.15) is 6.10 Å². The van der Waals surface area contributed by atoms with Gasteiger partial charge in [0.2, 0.25) is 0 Å². The Morgan fingerprint density at radius 3 is 1.49 bits per heavy atom. The molecule has 3 heteroatoms. The molecule has 0 N–H and O–H groups in total. The van der Waals surface area contributed by atoms with Gasteiger partial charge in [-0.05, 0) is 30.9 Å². The molecular weight excluding hydrogens is 454 g/mol. The minimum absolute atomic E-state index is 0.0855. The van der Waals surface area contributed by atoms with Crippen molar-refractivity contribution in [3.8, 4) is 0 Å². The van der Waals surface area contributed by atoms with Crippen LogP contribution in [0.4, 0.5) is 0 Å². The minimum atomic E-state index is -0.175. The lowest BCUT2D eigenvalue weighted by Gasteiger charge is -2.34. The van der Waals surface area contributed by atoms with Crippen LogP contribution in [0.3, 0.4) is 0 Å². The maximum Gasteiger partial charge on any atom is 0.302 e. The molecule has 2 rings (SSSR count). The Kier molecular flexibility index (Phi) is 16.7. The summed E-state index contributed by atoms with van der Waals surface area (Å²) < 4.78 is 5.89. The summed E-state index contributed by atoms with van der Waals surface area (Å²) in [6.07, 6.45) is 18.3. The Hall–Kier alpha value is -2.13. The van der Waals surface area contributed by atoms with Crippen LogP contribution in [0.15, 0.2) is 60.7 Å². The summed E-state index contributed by atoms with van der Waals surface area (Å²) in [6.45, 7) is 7.73. The predicted molar refractivity (Wildman–Crippen MR) is 157 cm³/mol. The van der Waals surface area contributed by atoms with E-state index in [2.05, 4.69) is 79.4 Å². The molecule has 0 aliphatic carbocycles. The molecule has 0 unspecified atom stereocenters. The van der Waals surface area contributed by atoms with E-state index in [-0.39, 0.29) is 18.1 Å². The lowest BCUT2D eigenvalue weighted by Crippen LogP contribution is -2.42. The normalized spacial score (nSPS) is 13.0. The van der Waals surface area contributed by atoms with Gasteiger partial charge in [0.05, 0.1) is 0 Å². The van der Waals surface area contributed by atoms with Crippen LogP contribution >= 0.6 is 0 Å². The van der Waals surface area contributed by atoms with Crippen LogP contribution in [0.25, 0.3) is 0 Å². The topological polar surface area (TPSA) is 29.5 Å². The fourth-order valence-electron chi connectivity index (χ4n) is 5.19. The molecule has 0 aliphatic rings. The Labute approximate surface area is 228 Å². The third-order valence-corrected chi connectivity index (χ3v) is 7.48. The van der Waals surface area contributed by atoms with E-state index in [0.29, 0.717) is 0 Å². The molecule has 2 aromatic rings. The van der Waals surface area contributed by atoms with E-state index in [4.69, 9.17) is 4.74 Å². The smallest absolute Gasteiger partial charge is 0.302 e. The molecule has 206 valence electrons. The van der Waals surface area contributed by atoms with Crippen molar-refractivity contribution in [2.75, 3.05) is 0 Å². The van der Waals surface area contributed by atoms with E-state index in [1.165, 1.54) is 88.2 Å². The maximum absolute atomic E-state index is 12.0. The summed E-state index contributed by atoms with van der Waals surface area (Å²) >= 11 is 0. The van der Waals surface area contributed by atoms with Crippen LogP contribution in [-0.4, -0.2) is 23.0 Å². The van der Waals surface area contributed by atoms with Crippen LogP contribution in [0.5, 0.6) is 0 Å². The number of rotatable bonds is 21. The van der Waals surface area contributed by atoms with E-state index in [1.54, 1.807) is 6.92 Å². The third kappa shape index (κ3) is 14.4. The number of hydrogen-bond donors (Lipinski definition) is 0. The fourth-order valence-corrected chi connectivity index (χ4v) is 5.19. The zero-order chi connectivity index (χ0) is 26.6. The molecule has 0 fully saturated rings. The number of unbranched alkanes of at least 4 members (excludes halogenated alkanes) is 12. The quantitative estimate of drug-likeness (QED) is 0.124. The van der Waals surface area contributed by atoms with Gasteiger partial charge in [0, 0.05) is 26.1 Å². The van der Waals surface area contributed by atoms with Crippen molar-refractivity contribution in [3.63, 3.8) is 0 Å². The number of ether oxygens (including phenoxy) is 1. The lowest BCUT2D eigenvalue weighted by atomic mass is 10.00. The molecule has 0 saturated heterocycles. The molecule has 0 radical (unpaired) electrons. The summed E-state index contributed by atoms with van der Waals surface area (Å²) in [7, 11) is 0. The Morgan fingerprint density at radius 2 is 1.08 bits per heavy atom. The van der Waals surface area contributed by atoms with Gasteiger partial charge in [0.25, 0.3) is 0 Å². The van der Waals surface area contributed by atoms with Gasteiger partial charge in [-0.2, -0.15) is 0 Å². The number of nitrogens with zero attached hydrogens (tertiary/aromatic N) is 1. The van der Waals surface area contributed by atoms with Crippen molar-refractivity contribution in [2.24, 2.45) is 0 Å². The van der Waals surface area contributed by atoms with Gasteiger partial charge in [-0.3, -0.25) is 9.69 Å². The van der Waals surface area contributed by atoms with E-state index in [0.717, 1.165) is 25.9 Å². The first-order valence-electron chi connectivity index (χ1n) is 15.1. The molecule has 2 aromatic carbocycles. The number of hydrogen-bond acceptors (Lipinski definition) is 3. The molecule has 0 heterocycles. The van der Waals surface area contributed by atoms with Crippen LogP contribution in [-0.2, 0) is 22.6 Å². The molecule has 0 aromatic heterocycles. The molecule has 3 nitrogen and oxygen atoms in total. The van der Waals surface area contributed by atoms with Gasteiger partial charge in [-0.15, -0.1) is 0 Å². The van der Waals surface area contributed by atoms with Gasteiger partial charge < -0.3 is 4.74 Å².